The van der Waals surface area contributed by atoms with Gasteiger partial charge in [-0.1, -0.05) is 0 Å². The topological polar surface area (TPSA) is 103 Å². The maximum absolute atomic E-state index is 12.6. The number of nitrogens with one attached hydrogen (secondary N) is 1. The first-order chi connectivity index (χ1) is 15.0. The van der Waals surface area contributed by atoms with Crippen LogP contribution in [-0.4, -0.2) is 28.3 Å². The van der Waals surface area contributed by atoms with Crippen LogP contribution in [0.4, 0.5) is 5.69 Å². The van der Waals surface area contributed by atoms with Gasteiger partial charge in [0, 0.05) is 22.7 Å². The molecule has 1 amide bonds. The number of anilines is 1. The van der Waals surface area contributed by atoms with Gasteiger partial charge in [0.05, 0.1) is 24.2 Å². The van der Waals surface area contributed by atoms with Crippen molar-refractivity contribution in [2.45, 2.75) is 13.8 Å². The van der Waals surface area contributed by atoms with Crippen LogP contribution >= 0.6 is 0 Å². The molecule has 0 spiro atoms. The van der Waals surface area contributed by atoms with Crippen LogP contribution < -0.4 is 10.9 Å². The van der Waals surface area contributed by atoms with Crippen molar-refractivity contribution < 1.29 is 18.7 Å². The summed E-state index contributed by atoms with van der Waals surface area (Å²) in [7, 11) is 0. The number of fused-ring (bicyclic) bond motifs is 1. The Labute approximate surface area is 177 Å². The van der Waals surface area contributed by atoms with Gasteiger partial charge in [0.1, 0.15) is 11.1 Å². The number of hydrogen-bond acceptors (Lipinski definition) is 6. The fourth-order valence-corrected chi connectivity index (χ4v) is 3.19. The number of benzene rings is 2. The van der Waals surface area contributed by atoms with Crippen LogP contribution in [0.25, 0.3) is 16.7 Å². The summed E-state index contributed by atoms with van der Waals surface area (Å²) in [4.78, 5) is 35.9. The van der Waals surface area contributed by atoms with E-state index in [1.807, 2.05) is 0 Å². The SMILES string of the molecule is CCOC(=O)c1cnn(-c2ccc(C(=O)Nc3ccc4oc(=O)ccc4c3)cc2)c1C. The standard InChI is InChI=1S/C23H19N3O5/c1-3-30-23(29)19-13-24-26(14(19)2)18-8-4-15(5-9-18)22(28)25-17-7-10-20-16(12-17)6-11-21(27)31-20/h4-13H,3H2,1-2H3,(H,25,28). The van der Waals surface area contributed by atoms with Crippen molar-refractivity contribution in [2.24, 2.45) is 0 Å². The molecule has 156 valence electrons. The van der Waals surface area contributed by atoms with Crippen LogP contribution in [0, 0.1) is 6.92 Å². The van der Waals surface area contributed by atoms with E-state index in [2.05, 4.69) is 10.4 Å². The Morgan fingerprint density at radius 2 is 1.87 bits per heavy atom. The fraction of sp³-hybridized carbons (Fsp3) is 0.130. The van der Waals surface area contributed by atoms with E-state index in [9.17, 15) is 14.4 Å². The lowest BCUT2D eigenvalue weighted by atomic mass is 10.1. The van der Waals surface area contributed by atoms with Crippen LogP contribution in [0.15, 0.2) is 70.0 Å². The average molecular weight is 417 g/mol. The van der Waals surface area contributed by atoms with E-state index in [0.29, 0.717) is 45.8 Å². The number of carbonyl (C=O) groups is 2. The summed E-state index contributed by atoms with van der Waals surface area (Å²) in [6.07, 6.45) is 1.47. The zero-order valence-electron chi connectivity index (χ0n) is 16.9. The highest BCUT2D eigenvalue weighted by Gasteiger charge is 2.16. The second-order valence-electron chi connectivity index (χ2n) is 6.78. The normalized spacial score (nSPS) is 10.8. The molecule has 4 rings (SSSR count). The second-order valence-corrected chi connectivity index (χ2v) is 6.78. The van der Waals surface area contributed by atoms with Crippen molar-refractivity contribution in [1.29, 1.82) is 0 Å². The Morgan fingerprint density at radius 3 is 2.61 bits per heavy atom. The molecule has 0 bridgehead atoms. The molecule has 0 radical (unpaired) electrons. The van der Waals surface area contributed by atoms with Gasteiger partial charge in [-0.25, -0.2) is 14.3 Å². The molecule has 4 aromatic rings. The predicted octanol–water partition coefficient (Wildman–Crippen LogP) is 3.72. The Bertz CT molecular complexity index is 1340. The van der Waals surface area contributed by atoms with Crippen LogP contribution in [-0.2, 0) is 4.74 Å². The van der Waals surface area contributed by atoms with Gasteiger partial charge < -0.3 is 14.5 Å². The summed E-state index contributed by atoms with van der Waals surface area (Å²) < 4.78 is 11.7. The minimum Gasteiger partial charge on any atom is -0.462 e. The smallest absolute Gasteiger partial charge is 0.341 e. The molecule has 2 heterocycles. The molecule has 0 saturated heterocycles. The number of ether oxygens (including phenoxy) is 1. The molecule has 0 fully saturated rings. The van der Waals surface area contributed by atoms with Gasteiger partial charge in [-0.2, -0.15) is 5.10 Å². The molecule has 8 nitrogen and oxygen atoms in total. The first-order valence-corrected chi connectivity index (χ1v) is 9.63. The Kier molecular flexibility index (Phi) is 5.36. The second kappa shape index (κ2) is 8.27. The molecule has 31 heavy (non-hydrogen) atoms. The lowest BCUT2D eigenvalue weighted by Gasteiger charge is -2.08. The van der Waals surface area contributed by atoms with Gasteiger partial charge in [0.15, 0.2) is 0 Å². The highest BCUT2D eigenvalue weighted by Crippen LogP contribution is 2.20. The molecule has 8 heteroatoms. The predicted molar refractivity (Wildman–Crippen MR) is 115 cm³/mol. The summed E-state index contributed by atoms with van der Waals surface area (Å²) in [5.41, 5.74) is 2.83. The molecule has 0 atom stereocenters. The Hall–Kier alpha value is -4.20. The molecule has 2 aromatic heterocycles. The molecule has 0 aliphatic carbocycles. The maximum atomic E-state index is 12.6. The van der Waals surface area contributed by atoms with E-state index in [1.165, 1.54) is 12.3 Å². The highest BCUT2D eigenvalue weighted by atomic mass is 16.5. The molecular weight excluding hydrogens is 398 g/mol. The number of nitrogens with zero attached hydrogens (tertiary/aromatic N) is 2. The summed E-state index contributed by atoms with van der Waals surface area (Å²) in [6.45, 7) is 3.82. The number of rotatable bonds is 5. The van der Waals surface area contributed by atoms with E-state index >= 15 is 0 Å². The van der Waals surface area contributed by atoms with Gasteiger partial charge in [0.25, 0.3) is 5.91 Å². The first kappa shape index (κ1) is 20.1. The fourth-order valence-electron chi connectivity index (χ4n) is 3.19. The van der Waals surface area contributed by atoms with Gasteiger partial charge in [-0.05, 0) is 62.4 Å². The summed E-state index contributed by atoms with van der Waals surface area (Å²) >= 11 is 0. The molecular formula is C23H19N3O5. The molecule has 0 unspecified atom stereocenters. The largest absolute Gasteiger partial charge is 0.462 e. The van der Waals surface area contributed by atoms with Crippen molar-refractivity contribution >= 4 is 28.5 Å². The minimum absolute atomic E-state index is 0.285. The molecule has 0 aliphatic heterocycles. The van der Waals surface area contributed by atoms with Crippen molar-refractivity contribution in [3.63, 3.8) is 0 Å². The molecule has 1 N–H and O–H groups in total. The number of hydrogen-bond donors (Lipinski definition) is 1. The van der Waals surface area contributed by atoms with Gasteiger partial charge in [0.2, 0.25) is 0 Å². The lowest BCUT2D eigenvalue weighted by molar-refractivity contribution is 0.0525. The average Bonchev–Trinajstić information content (AvgIpc) is 3.15. The molecule has 2 aromatic carbocycles. The van der Waals surface area contributed by atoms with Gasteiger partial charge >= 0.3 is 11.6 Å². The van der Waals surface area contributed by atoms with E-state index in [-0.39, 0.29) is 5.91 Å². The van der Waals surface area contributed by atoms with E-state index < -0.39 is 11.6 Å². The zero-order chi connectivity index (χ0) is 22.0. The van der Waals surface area contributed by atoms with Crippen LogP contribution in [0.3, 0.4) is 0 Å². The van der Waals surface area contributed by atoms with Gasteiger partial charge in [-0.3, -0.25) is 4.79 Å². The van der Waals surface area contributed by atoms with E-state index in [0.717, 1.165) is 0 Å². The monoisotopic (exact) mass is 417 g/mol. The quantitative estimate of drug-likeness (QED) is 0.392. The van der Waals surface area contributed by atoms with Crippen LogP contribution in [0.2, 0.25) is 0 Å². The molecule has 0 saturated carbocycles. The summed E-state index contributed by atoms with van der Waals surface area (Å²) in [5.74, 6) is -0.704. The maximum Gasteiger partial charge on any atom is 0.341 e. The van der Waals surface area contributed by atoms with Crippen LogP contribution in [0.1, 0.15) is 33.3 Å². The van der Waals surface area contributed by atoms with Crippen molar-refractivity contribution in [1.82, 2.24) is 9.78 Å². The highest BCUT2D eigenvalue weighted by molar-refractivity contribution is 6.05. The number of carbonyl (C=O) groups excluding carboxylic acids is 2. The van der Waals surface area contributed by atoms with Crippen LogP contribution in [0.5, 0.6) is 0 Å². The third-order valence-electron chi connectivity index (χ3n) is 4.76. The van der Waals surface area contributed by atoms with Crippen molar-refractivity contribution in [3.8, 4) is 5.69 Å². The third-order valence-corrected chi connectivity index (χ3v) is 4.76. The van der Waals surface area contributed by atoms with Crippen molar-refractivity contribution in [3.05, 3.63) is 88.0 Å². The van der Waals surface area contributed by atoms with E-state index in [1.54, 1.807) is 67.1 Å². The lowest BCUT2D eigenvalue weighted by Crippen LogP contribution is -2.12. The minimum atomic E-state index is -0.425. The van der Waals surface area contributed by atoms with Gasteiger partial charge in [-0.15, -0.1) is 0 Å². The van der Waals surface area contributed by atoms with E-state index in [4.69, 9.17) is 9.15 Å². The summed E-state index contributed by atoms with van der Waals surface area (Å²) in [6, 6.07) is 14.9. The Balaban J connectivity index is 1.52. The van der Waals surface area contributed by atoms with Crippen molar-refractivity contribution in [2.75, 3.05) is 11.9 Å². The summed E-state index contributed by atoms with van der Waals surface area (Å²) in [5, 5.41) is 7.78. The zero-order valence-corrected chi connectivity index (χ0v) is 16.9. The number of esters is 1. The first-order valence-electron chi connectivity index (χ1n) is 9.63. The number of aromatic nitrogens is 2. The third kappa shape index (κ3) is 4.09. The molecule has 0 aliphatic rings. The number of amides is 1. The Morgan fingerprint density at radius 1 is 1.10 bits per heavy atom.